The molecule has 19 heavy (non-hydrogen) atoms. The Hall–Kier alpha value is -1.13. The van der Waals surface area contributed by atoms with Gasteiger partial charge < -0.3 is 15.1 Å². The largest absolute Gasteiger partial charge is 0.384 e. The Morgan fingerprint density at radius 2 is 2.05 bits per heavy atom. The molecule has 106 valence electrons. The van der Waals surface area contributed by atoms with E-state index in [-0.39, 0.29) is 5.82 Å². The number of hydrogen-bond acceptors (Lipinski definition) is 3. The van der Waals surface area contributed by atoms with Gasteiger partial charge in [-0.2, -0.15) is 0 Å². The zero-order valence-corrected chi connectivity index (χ0v) is 11.9. The van der Waals surface area contributed by atoms with E-state index in [1.165, 1.54) is 25.0 Å². The van der Waals surface area contributed by atoms with Gasteiger partial charge in [-0.3, -0.25) is 0 Å². The van der Waals surface area contributed by atoms with Gasteiger partial charge in [0.05, 0.1) is 0 Å². The van der Waals surface area contributed by atoms with Crippen molar-refractivity contribution in [3.8, 4) is 0 Å². The quantitative estimate of drug-likeness (QED) is 0.881. The Morgan fingerprint density at radius 1 is 1.32 bits per heavy atom. The number of nitrogens with one attached hydrogen (secondary N) is 1. The number of piperidine rings is 1. The van der Waals surface area contributed by atoms with Gasteiger partial charge in [0.15, 0.2) is 0 Å². The highest BCUT2D eigenvalue weighted by Crippen LogP contribution is 2.14. The maximum atomic E-state index is 13.0. The van der Waals surface area contributed by atoms with Crippen LogP contribution in [0.1, 0.15) is 12.8 Å². The van der Waals surface area contributed by atoms with Gasteiger partial charge in [-0.05, 0) is 58.2 Å². The molecule has 1 heterocycles. The summed E-state index contributed by atoms with van der Waals surface area (Å²) >= 11 is 0. The molecule has 0 radical (unpaired) electrons. The van der Waals surface area contributed by atoms with Gasteiger partial charge in [0.2, 0.25) is 0 Å². The molecule has 0 aliphatic carbocycles. The number of nitrogens with zero attached hydrogens (tertiary/aromatic N) is 2. The van der Waals surface area contributed by atoms with Crippen LogP contribution in [0.25, 0.3) is 0 Å². The van der Waals surface area contributed by atoms with Gasteiger partial charge in [0, 0.05) is 24.8 Å². The van der Waals surface area contributed by atoms with Gasteiger partial charge in [-0.15, -0.1) is 0 Å². The Labute approximate surface area is 115 Å². The van der Waals surface area contributed by atoms with E-state index in [0.717, 1.165) is 37.9 Å². The summed E-state index contributed by atoms with van der Waals surface area (Å²) in [5.41, 5.74) is 0.864. The monoisotopic (exact) mass is 265 g/mol. The van der Waals surface area contributed by atoms with Crippen molar-refractivity contribution in [2.75, 3.05) is 45.6 Å². The smallest absolute Gasteiger partial charge is 0.125 e. The van der Waals surface area contributed by atoms with E-state index in [1.807, 2.05) is 6.07 Å². The summed E-state index contributed by atoms with van der Waals surface area (Å²) in [6, 6.07) is 7.38. The fourth-order valence-corrected chi connectivity index (χ4v) is 2.62. The first-order valence-electron chi connectivity index (χ1n) is 7.03. The second-order valence-corrected chi connectivity index (χ2v) is 5.47. The lowest BCUT2D eigenvalue weighted by Gasteiger charge is -2.35. The molecule has 1 aromatic carbocycles. The summed E-state index contributed by atoms with van der Waals surface area (Å²) in [5.74, 6) is -0.184. The van der Waals surface area contributed by atoms with Crippen LogP contribution in [-0.2, 0) is 0 Å². The molecule has 0 amide bonds. The van der Waals surface area contributed by atoms with Crippen molar-refractivity contribution in [2.24, 2.45) is 0 Å². The molecular weight excluding hydrogens is 241 g/mol. The van der Waals surface area contributed by atoms with E-state index < -0.39 is 0 Å². The Balaban J connectivity index is 1.67. The third-order valence-corrected chi connectivity index (χ3v) is 3.87. The second kappa shape index (κ2) is 6.87. The second-order valence-electron chi connectivity index (χ2n) is 5.47. The van der Waals surface area contributed by atoms with E-state index >= 15 is 0 Å². The van der Waals surface area contributed by atoms with Crippen LogP contribution in [0, 0.1) is 5.82 Å². The van der Waals surface area contributed by atoms with Crippen LogP contribution in [-0.4, -0.2) is 56.1 Å². The molecule has 0 bridgehead atoms. The van der Waals surface area contributed by atoms with Crippen LogP contribution in [0.5, 0.6) is 0 Å². The minimum absolute atomic E-state index is 0.184. The summed E-state index contributed by atoms with van der Waals surface area (Å²) in [4.78, 5) is 4.80. The zero-order chi connectivity index (χ0) is 13.7. The molecule has 0 saturated carbocycles. The maximum Gasteiger partial charge on any atom is 0.125 e. The van der Waals surface area contributed by atoms with Crippen molar-refractivity contribution >= 4 is 5.69 Å². The van der Waals surface area contributed by atoms with E-state index in [0.29, 0.717) is 0 Å². The van der Waals surface area contributed by atoms with Crippen molar-refractivity contribution in [3.05, 3.63) is 30.1 Å². The summed E-state index contributed by atoms with van der Waals surface area (Å²) in [7, 11) is 4.32. The van der Waals surface area contributed by atoms with Gasteiger partial charge >= 0.3 is 0 Å². The maximum absolute atomic E-state index is 13.0. The SMILES string of the molecule is CN(C)C1CCN(CCNc2cccc(F)c2)CC1. The van der Waals surface area contributed by atoms with Gasteiger partial charge in [0.25, 0.3) is 0 Å². The Morgan fingerprint density at radius 3 is 2.68 bits per heavy atom. The predicted molar refractivity (Wildman–Crippen MR) is 78.0 cm³/mol. The summed E-state index contributed by atoms with van der Waals surface area (Å²) in [6.07, 6.45) is 2.49. The van der Waals surface area contributed by atoms with Crippen molar-refractivity contribution < 1.29 is 4.39 Å². The number of likely N-dealkylation sites (tertiary alicyclic amines) is 1. The number of benzene rings is 1. The van der Waals surface area contributed by atoms with Crippen LogP contribution < -0.4 is 5.32 Å². The van der Waals surface area contributed by atoms with Crippen molar-refractivity contribution in [2.45, 2.75) is 18.9 Å². The first kappa shape index (κ1) is 14.3. The molecule has 4 heteroatoms. The van der Waals surface area contributed by atoms with Gasteiger partial charge in [-0.25, -0.2) is 4.39 Å². The normalized spacial score (nSPS) is 17.9. The molecule has 1 saturated heterocycles. The fourth-order valence-electron chi connectivity index (χ4n) is 2.62. The zero-order valence-electron chi connectivity index (χ0n) is 11.9. The lowest BCUT2D eigenvalue weighted by atomic mass is 10.0. The summed E-state index contributed by atoms with van der Waals surface area (Å²) < 4.78 is 13.0. The average molecular weight is 265 g/mol. The molecule has 1 fully saturated rings. The van der Waals surface area contributed by atoms with Crippen LogP contribution in [0.4, 0.5) is 10.1 Å². The first-order valence-corrected chi connectivity index (χ1v) is 7.03. The highest BCUT2D eigenvalue weighted by atomic mass is 19.1. The molecule has 1 aliphatic rings. The molecular formula is C15H24FN3. The minimum Gasteiger partial charge on any atom is -0.384 e. The highest BCUT2D eigenvalue weighted by Gasteiger charge is 2.19. The number of rotatable bonds is 5. The molecule has 0 unspecified atom stereocenters. The van der Waals surface area contributed by atoms with Gasteiger partial charge in [-0.1, -0.05) is 6.07 Å². The average Bonchev–Trinajstić information content (AvgIpc) is 2.39. The molecule has 1 aliphatic heterocycles. The van der Waals surface area contributed by atoms with E-state index in [4.69, 9.17) is 0 Å². The minimum atomic E-state index is -0.184. The molecule has 1 N–H and O–H groups in total. The first-order chi connectivity index (χ1) is 9.15. The third kappa shape index (κ3) is 4.48. The summed E-state index contributed by atoms with van der Waals surface area (Å²) in [5, 5.41) is 3.27. The van der Waals surface area contributed by atoms with Gasteiger partial charge in [0.1, 0.15) is 5.82 Å². The standard InChI is InChI=1S/C15H24FN3/c1-18(2)15-6-9-19(10-7-15)11-8-17-14-5-3-4-13(16)12-14/h3-5,12,15,17H,6-11H2,1-2H3. The van der Waals surface area contributed by atoms with Crippen LogP contribution in [0.2, 0.25) is 0 Å². The van der Waals surface area contributed by atoms with Crippen molar-refractivity contribution in [3.63, 3.8) is 0 Å². The van der Waals surface area contributed by atoms with E-state index in [9.17, 15) is 4.39 Å². The fraction of sp³-hybridized carbons (Fsp3) is 0.600. The molecule has 3 nitrogen and oxygen atoms in total. The molecule has 1 aromatic rings. The molecule has 2 rings (SSSR count). The topological polar surface area (TPSA) is 18.5 Å². The van der Waals surface area contributed by atoms with Crippen LogP contribution >= 0.6 is 0 Å². The van der Waals surface area contributed by atoms with E-state index in [1.54, 1.807) is 6.07 Å². The number of anilines is 1. The van der Waals surface area contributed by atoms with E-state index in [2.05, 4.69) is 29.2 Å². The highest BCUT2D eigenvalue weighted by molar-refractivity contribution is 5.42. The Bertz CT molecular complexity index is 387. The van der Waals surface area contributed by atoms with Crippen LogP contribution in [0.15, 0.2) is 24.3 Å². The number of hydrogen-bond donors (Lipinski definition) is 1. The molecule has 0 spiro atoms. The van der Waals surface area contributed by atoms with Crippen LogP contribution in [0.3, 0.4) is 0 Å². The summed E-state index contributed by atoms with van der Waals surface area (Å²) in [6.45, 7) is 4.22. The predicted octanol–water partition coefficient (Wildman–Crippen LogP) is 2.26. The molecule has 0 aromatic heterocycles. The third-order valence-electron chi connectivity index (χ3n) is 3.87. The Kier molecular flexibility index (Phi) is 5.16. The lowest BCUT2D eigenvalue weighted by Crippen LogP contribution is -2.43. The molecule has 0 atom stereocenters. The number of halogens is 1. The van der Waals surface area contributed by atoms with Crippen molar-refractivity contribution in [1.82, 2.24) is 9.80 Å². The van der Waals surface area contributed by atoms with Crippen molar-refractivity contribution in [1.29, 1.82) is 0 Å². The lowest BCUT2D eigenvalue weighted by molar-refractivity contribution is 0.148.